The minimum absolute atomic E-state index is 0.159. The van der Waals surface area contributed by atoms with Crippen LogP contribution in [0.5, 0.6) is 5.75 Å². The summed E-state index contributed by atoms with van der Waals surface area (Å²) in [6.07, 6.45) is -0.614. The van der Waals surface area contributed by atoms with Crippen LogP contribution in [-0.2, 0) is 0 Å². The molecule has 0 spiro atoms. The van der Waals surface area contributed by atoms with Crippen LogP contribution in [0.4, 0.5) is 0 Å². The first kappa shape index (κ1) is 19.8. The number of nitrogens with one attached hydrogen (secondary N) is 2. The molecule has 0 aliphatic carbocycles. The quantitative estimate of drug-likeness (QED) is 0.571. The van der Waals surface area contributed by atoms with Crippen LogP contribution in [0.25, 0.3) is 22.6 Å². The Balaban J connectivity index is 1.96. The highest BCUT2D eigenvalue weighted by molar-refractivity contribution is 5.69. The number of hydrogen-bond donors (Lipinski definition) is 3. The van der Waals surface area contributed by atoms with Gasteiger partial charge in [-0.05, 0) is 40.0 Å². The fraction of sp³-hybridized carbons (Fsp3) is 0.350. The minimum atomic E-state index is -0.614. The minimum Gasteiger partial charge on any atom is -0.491 e. The molecule has 28 heavy (non-hydrogen) atoms. The van der Waals surface area contributed by atoms with Gasteiger partial charge in [0.15, 0.2) is 0 Å². The molecule has 1 unspecified atom stereocenters. The molecule has 2 aromatic heterocycles. The van der Waals surface area contributed by atoms with Gasteiger partial charge in [-0.3, -0.25) is 4.79 Å². The summed E-state index contributed by atoms with van der Waals surface area (Å²) < 4.78 is 10.9. The molecule has 3 aromatic rings. The molecule has 2 heterocycles. The summed E-state index contributed by atoms with van der Waals surface area (Å²) in [6, 6.07) is 7.21. The van der Waals surface area contributed by atoms with Crippen LogP contribution in [0.2, 0.25) is 0 Å². The van der Waals surface area contributed by atoms with Crippen molar-refractivity contribution in [2.75, 3.05) is 20.2 Å². The largest absolute Gasteiger partial charge is 0.491 e. The molecule has 3 N–H and O–H groups in total. The Morgan fingerprint density at radius 2 is 2.11 bits per heavy atom. The first-order valence-corrected chi connectivity index (χ1v) is 9.00. The Morgan fingerprint density at radius 3 is 2.79 bits per heavy atom. The lowest BCUT2D eigenvalue weighted by Gasteiger charge is -2.13. The maximum atomic E-state index is 12.5. The lowest BCUT2D eigenvalue weighted by molar-refractivity contribution is 0.108. The summed E-state index contributed by atoms with van der Waals surface area (Å²) in [6.45, 7) is 5.93. The average molecular weight is 384 g/mol. The van der Waals surface area contributed by atoms with Crippen molar-refractivity contribution in [2.45, 2.75) is 26.9 Å². The maximum Gasteiger partial charge on any atom is 0.254 e. The van der Waals surface area contributed by atoms with Gasteiger partial charge in [-0.15, -0.1) is 0 Å². The molecule has 1 aromatic carbocycles. The van der Waals surface area contributed by atoms with Gasteiger partial charge in [0.2, 0.25) is 0 Å². The van der Waals surface area contributed by atoms with E-state index in [1.54, 1.807) is 33.0 Å². The summed E-state index contributed by atoms with van der Waals surface area (Å²) in [5, 5.41) is 16.6. The van der Waals surface area contributed by atoms with Crippen LogP contribution in [0.15, 0.2) is 33.6 Å². The van der Waals surface area contributed by atoms with Crippen molar-refractivity contribution in [2.24, 2.45) is 0 Å². The summed E-state index contributed by atoms with van der Waals surface area (Å²) in [7, 11) is 1.76. The molecule has 0 saturated heterocycles. The van der Waals surface area contributed by atoms with Gasteiger partial charge in [0.1, 0.15) is 30.0 Å². The van der Waals surface area contributed by atoms with E-state index in [0.29, 0.717) is 46.4 Å². The van der Waals surface area contributed by atoms with E-state index in [1.807, 2.05) is 19.1 Å². The summed E-state index contributed by atoms with van der Waals surface area (Å²) >= 11 is 0. The molecule has 0 bridgehead atoms. The molecule has 8 nitrogen and oxygen atoms in total. The fourth-order valence-corrected chi connectivity index (χ4v) is 2.95. The summed E-state index contributed by atoms with van der Waals surface area (Å²) in [4.78, 5) is 20.0. The van der Waals surface area contributed by atoms with Crippen molar-refractivity contribution in [3.63, 3.8) is 0 Å². The Bertz CT molecular complexity index is 1010. The van der Waals surface area contributed by atoms with Gasteiger partial charge in [-0.1, -0.05) is 17.3 Å². The van der Waals surface area contributed by atoms with E-state index in [1.165, 1.54) is 0 Å². The number of aliphatic hydroxyl groups excluding tert-OH is 1. The molecule has 0 amide bonds. The highest BCUT2D eigenvalue weighted by atomic mass is 16.5. The van der Waals surface area contributed by atoms with Crippen LogP contribution in [0.3, 0.4) is 0 Å². The van der Waals surface area contributed by atoms with Crippen LogP contribution >= 0.6 is 0 Å². The highest BCUT2D eigenvalue weighted by Crippen LogP contribution is 2.28. The Morgan fingerprint density at radius 1 is 1.32 bits per heavy atom. The number of aromatic nitrogens is 3. The van der Waals surface area contributed by atoms with Gasteiger partial charge in [0.05, 0.1) is 17.0 Å². The van der Waals surface area contributed by atoms with Crippen molar-refractivity contribution < 1.29 is 14.4 Å². The molecule has 0 fully saturated rings. The zero-order valence-corrected chi connectivity index (χ0v) is 16.4. The van der Waals surface area contributed by atoms with Gasteiger partial charge in [0, 0.05) is 17.7 Å². The van der Waals surface area contributed by atoms with Gasteiger partial charge in [0.25, 0.3) is 5.56 Å². The maximum absolute atomic E-state index is 12.5. The lowest BCUT2D eigenvalue weighted by Crippen LogP contribution is -2.29. The molecule has 148 valence electrons. The van der Waals surface area contributed by atoms with E-state index in [-0.39, 0.29) is 12.2 Å². The highest BCUT2D eigenvalue weighted by Gasteiger charge is 2.18. The number of hydrogen-bond acceptors (Lipinski definition) is 7. The lowest BCUT2D eigenvalue weighted by atomic mass is 10.1. The number of nitrogens with zero attached hydrogens (tertiary/aromatic N) is 2. The molecular formula is C20H24N4O4. The van der Waals surface area contributed by atoms with Gasteiger partial charge >= 0.3 is 0 Å². The number of H-pyrrole nitrogens is 1. The second-order valence-electron chi connectivity index (χ2n) is 6.64. The van der Waals surface area contributed by atoms with E-state index < -0.39 is 6.10 Å². The molecule has 3 rings (SSSR count). The molecule has 8 heteroatoms. The fourth-order valence-electron chi connectivity index (χ4n) is 2.95. The number of aryl methyl sites for hydroxylation is 2. The van der Waals surface area contributed by atoms with Crippen molar-refractivity contribution >= 4 is 0 Å². The topological polar surface area (TPSA) is 113 Å². The predicted molar refractivity (Wildman–Crippen MR) is 105 cm³/mol. The zero-order chi connectivity index (χ0) is 20.3. The predicted octanol–water partition coefficient (Wildman–Crippen LogP) is 1.98. The van der Waals surface area contributed by atoms with Crippen molar-refractivity contribution in [3.8, 4) is 28.4 Å². The monoisotopic (exact) mass is 384 g/mol. The first-order valence-electron chi connectivity index (χ1n) is 9.00. The normalized spacial score (nSPS) is 12.2. The summed E-state index contributed by atoms with van der Waals surface area (Å²) in [5.41, 5.74) is 2.93. The molecule has 1 atom stereocenters. The Labute approximate surface area is 162 Å². The Hall–Kier alpha value is -2.97. The standard InChI is InChI=1S/C20H24N4O4/c1-11-18(17-12(2)24-28-13(17)3)22-19(23-20(11)26)14-6-5-7-16(8-14)27-10-15(25)9-21-4/h5-8,15,21,25H,9-10H2,1-4H3,(H,22,23,26). The molecule has 0 aliphatic rings. The van der Waals surface area contributed by atoms with Gasteiger partial charge in [-0.2, -0.15) is 0 Å². The second-order valence-corrected chi connectivity index (χ2v) is 6.64. The number of aromatic amines is 1. The smallest absolute Gasteiger partial charge is 0.254 e. The first-order chi connectivity index (χ1) is 13.4. The zero-order valence-electron chi connectivity index (χ0n) is 16.4. The number of likely N-dealkylation sites (N-methyl/N-ethyl adjacent to an activating group) is 1. The third-order valence-electron chi connectivity index (χ3n) is 4.41. The van der Waals surface area contributed by atoms with E-state index >= 15 is 0 Å². The van der Waals surface area contributed by atoms with Crippen LogP contribution in [0.1, 0.15) is 17.0 Å². The van der Waals surface area contributed by atoms with E-state index in [4.69, 9.17) is 9.26 Å². The van der Waals surface area contributed by atoms with E-state index in [2.05, 4.69) is 20.4 Å². The molecular weight excluding hydrogens is 360 g/mol. The SMILES string of the molecule is CNCC(O)COc1cccc(-c2nc(-c3c(C)noc3C)c(C)c(=O)[nH]2)c1. The Kier molecular flexibility index (Phi) is 5.91. The number of aliphatic hydroxyl groups is 1. The molecule has 0 saturated carbocycles. The van der Waals surface area contributed by atoms with E-state index in [0.717, 1.165) is 5.56 Å². The van der Waals surface area contributed by atoms with Crippen molar-refractivity contribution in [3.05, 3.63) is 51.6 Å². The molecule has 0 aliphatic heterocycles. The summed E-state index contributed by atoms with van der Waals surface area (Å²) in [5.74, 6) is 1.61. The third kappa shape index (κ3) is 4.13. The second kappa shape index (κ2) is 8.37. The van der Waals surface area contributed by atoms with Gasteiger partial charge in [-0.25, -0.2) is 4.98 Å². The number of rotatable bonds is 7. The van der Waals surface area contributed by atoms with Gasteiger partial charge < -0.3 is 24.7 Å². The van der Waals surface area contributed by atoms with Crippen LogP contribution in [-0.4, -0.2) is 46.5 Å². The van der Waals surface area contributed by atoms with Crippen LogP contribution in [0, 0.1) is 20.8 Å². The van der Waals surface area contributed by atoms with Crippen LogP contribution < -0.4 is 15.6 Å². The molecule has 0 radical (unpaired) electrons. The third-order valence-corrected chi connectivity index (χ3v) is 4.41. The number of benzene rings is 1. The number of ether oxygens (including phenoxy) is 1. The average Bonchev–Trinajstić information content (AvgIpc) is 3.01. The van der Waals surface area contributed by atoms with Crippen molar-refractivity contribution in [1.82, 2.24) is 20.4 Å². The van der Waals surface area contributed by atoms with Crippen molar-refractivity contribution in [1.29, 1.82) is 0 Å². The van der Waals surface area contributed by atoms with E-state index in [9.17, 15) is 9.90 Å².